The molecule has 0 saturated carbocycles. The third-order valence-corrected chi connectivity index (χ3v) is 4.87. The Morgan fingerprint density at radius 3 is 2.74 bits per heavy atom. The van der Waals surface area contributed by atoms with Crippen LogP contribution in [0.3, 0.4) is 0 Å². The first-order chi connectivity index (χ1) is 9.18. The second-order valence-corrected chi connectivity index (χ2v) is 6.03. The zero-order valence-corrected chi connectivity index (χ0v) is 11.8. The fraction of sp³-hybridized carbons (Fsp3) is 0.429. The largest absolute Gasteiger partial charge is 0.397 e. The Bertz CT molecular complexity index is 629. The number of anilines is 2. The highest BCUT2D eigenvalue weighted by atomic mass is 32.1. The molecule has 0 radical (unpaired) electrons. The van der Waals surface area contributed by atoms with Crippen molar-refractivity contribution in [2.75, 3.05) is 23.7 Å². The van der Waals surface area contributed by atoms with Crippen LogP contribution in [0.5, 0.6) is 0 Å². The van der Waals surface area contributed by atoms with Crippen molar-refractivity contribution in [1.82, 2.24) is 4.98 Å². The highest BCUT2D eigenvalue weighted by Crippen LogP contribution is 2.39. The number of thiophene rings is 1. The molecule has 0 bridgehead atoms. The number of nitrogens with two attached hydrogens (primary N) is 1. The van der Waals surface area contributed by atoms with Crippen molar-refractivity contribution in [2.24, 2.45) is 0 Å². The minimum atomic E-state index is 0.0308. The topological polar surface area (TPSA) is 59.2 Å². The van der Waals surface area contributed by atoms with Crippen LogP contribution in [0.1, 0.15) is 35.9 Å². The number of nitrogen functional groups attached to an aromatic ring is 1. The Balaban J connectivity index is 2.16. The summed E-state index contributed by atoms with van der Waals surface area (Å²) >= 11 is 1.45. The summed E-state index contributed by atoms with van der Waals surface area (Å²) in [5.41, 5.74) is 7.89. The van der Waals surface area contributed by atoms with E-state index in [1.807, 2.05) is 6.20 Å². The van der Waals surface area contributed by atoms with E-state index in [4.69, 9.17) is 5.73 Å². The summed E-state index contributed by atoms with van der Waals surface area (Å²) in [7, 11) is 0. The highest BCUT2D eigenvalue weighted by molar-refractivity contribution is 7.21. The van der Waals surface area contributed by atoms with Gasteiger partial charge in [0.15, 0.2) is 5.78 Å². The van der Waals surface area contributed by atoms with E-state index in [0.29, 0.717) is 10.6 Å². The lowest BCUT2D eigenvalue weighted by molar-refractivity contribution is 0.102. The molecule has 0 atom stereocenters. The number of aromatic nitrogens is 1. The summed E-state index contributed by atoms with van der Waals surface area (Å²) in [6.07, 6.45) is 7.38. The summed E-state index contributed by atoms with van der Waals surface area (Å²) in [5, 5.41) is 1.01. The molecule has 0 aliphatic carbocycles. The van der Waals surface area contributed by atoms with E-state index < -0.39 is 0 Å². The molecule has 1 fully saturated rings. The van der Waals surface area contributed by atoms with Crippen LogP contribution in [-0.4, -0.2) is 23.9 Å². The standard InChI is InChI=1S/C14H17N3OS/c1-9(18)14-13(15)12-10(7-16-8-11(12)19-14)17-5-3-2-4-6-17/h7-8H,2-6,15H2,1H3. The van der Waals surface area contributed by atoms with Crippen molar-refractivity contribution < 1.29 is 4.79 Å². The maximum atomic E-state index is 11.6. The summed E-state index contributed by atoms with van der Waals surface area (Å²) in [4.78, 5) is 18.9. The van der Waals surface area contributed by atoms with Crippen LogP contribution in [0.15, 0.2) is 12.4 Å². The van der Waals surface area contributed by atoms with Crippen LogP contribution in [0.4, 0.5) is 11.4 Å². The van der Waals surface area contributed by atoms with Crippen LogP contribution in [0, 0.1) is 0 Å². The minimum Gasteiger partial charge on any atom is -0.397 e. The maximum absolute atomic E-state index is 11.6. The van der Waals surface area contributed by atoms with Crippen molar-refractivity contribution in [3.63, 3.8) is 0 Å². The van der Waals surface area contributed by atoms with E-state index in [1.165, 1.54) is 30.6 Å². The third-order valence-electron chi connectivity index (χ3n) is 3.63. The second kappa shape index (κ2) is 4.81. The molecule has 19 heavy (non-hydrogen) atoms. The van der Waals surface area contributed by atoms with E-state index in [0.717, 1.165) is 28.9 Å². The van der Waals surface area contributed by atoms with Crippen LogP contribution < -0.4 is 10.6 Å². The number of fused-ring (bicyclic) bond motifs is 1. The molecular formula is C14H17N3OS. The molecule has 1 saturated heterocycles. The molecule has 1 aliphatic heterocycles. The zero-order chi connectivity index (χ0) is 13.4. The molecule has 0 amide bonds. The number of carbonyl (C=O) groups is 1. The van der Waals surface area contributed by atoms with Crippen LogP contribution >= 0.6 is 11.3 Å². The highest BCUT2D eigenvalue weighted by Gasteiger charge is 2.20. The van der Waals surface area contributed by atoms with Crippen molar-refractivity contribution in [3.05, 3.63) is 17.3 Å². The first kappa shape index (κ1) is 12.4. The van der Waals surface area contributed by atoms with E-state index >= 15 is 0 Å². The Kier molecular flexibility index (Phi) is 3.14. The molecule has 0 spiro atoms. The quantitative estimate of drug-likeness (QED) is 0.856. The number of pyridine rings is 1. The summed E-state index contributed by atoms with van der Waals surface area (Å²) in [6, 6.07) is 0. The van der Waals surface area contributed by atoms with Gasteiger partial charge in [-0.2, -0.15) is 0 Å². The Morgan fingerprint density at radius 2 is 2.05 bits per heavy atom. The van der Waals surface area contributed by atoms with Crippen molar-refractivity contribution in [3.8, 4) is 0 Å². The number of carbonyl (C=O) groups excluding carboxylic acids is 1. The molecule has 0 unspecified atom stereocenters. The Hall–Kier alpha value is -1.62. The fourth-order valence-electron chi connectivity index (χ4n) is 2.69. The first-order valence-corrected chi connectivity index (χ1v) is 7.42. The average molecular weight is 275 g/mol. The fourth-order valence-corrected chi connectivity index (χ4v) is 3.70. The molecule has 1 aliphatic rings. The Morgan fingerprint density at radius 1 is 1.32 bits per heavy atom. The van der Waals surface area contributed by atoms with Crippen molar-refractivity contribution >= 4 is 38.6 Å². The van der Waals surface area contributed by atoms with Gasteiger partial charge in [0.25, 0.3) is 0 Å². The van der Waals surface area contributed by atoms with Crippen molar-refractivity contribution in [2.45, 2.75) is 26.2 Å². The minimum absolute atomic E-state index is 0.0308. The van der Waals surface area contributed by atoms with Gasteiger partial charge < -0.3 is 10.6 Å². The number of hydrogen-bond donors (Lipinski definition) is 1. The lowest BCUT2D eigenvalue weighted by atomic mass is 10.1. The molecule has 3 rings (SSSR count). The summed E-state index contributed by atoms with van der Waals surface area (Å²) in [5.74, 6) is 0.0308. The molecule has 3 heterocycles. The first-order valence-electron chi connectivity index (χ1n) is 6.60. The van der Waals surface area contributed by atoms with Gasteiger partial charge in [-0.05, 0) is 19.3 Å². The van der Waals surface area contributed by atoms with Gasteiger partial charge >= 0.3 is 0 Å². The molecule has 4 nitrogen and oxygen atoms in total. The number of hydrogen-bond acceptors (Lipinski definition) is 5. The van der Waals surface area contributed by atoms with Gasteiger partial charge in [-0.15, -0.1) is 11.3 Å². The van der Waals surface area contributed by atoms with Gasteiger partial charge in [-0.3, -0.25) is 9.78 Å². The number of ketones is 1. The van der Waals surface area contributed by atoms with Crippen LogP contribution in [0.2, 0.25) is 0 Å². The Labute approximate surface area is 116 Å². The predicted octanol–water partition coefficient (Wildman–Crippen LogP) is 3.07. The maximum Gasteiger partial charge on any atom is 0.171 e. The molecular weight excluding hydrogens is 258 g/mol. The monoisotopic (exact) mass is 275 g/mol. The SMILES string of the molecule is CC(=O)c1sc2cncc(N3CCCCC3)c2c1N. The van der Waals surface area contributed by atoms with Gasteiger partial charge in [0.1, 0.15) is 0 Å². The van der Waals surface area contributed by atoms with Gasteiger partial charge in [0, 0.05) is 31.6 Å². The van der Waals surface area contributed by atoms with Crippen molar-refractivity contribution in [1.29, 1.82) is 0 Å². The summed E-state index contributed by atoms with van der Waals surface area (Å²) in [6.45, 7) is 3.66. The number of nitrogens with zero attached hydrogens (tertiary/aromatic N) is 2. The predicted molar refractivity (Wildman–Crippen MR) is 80.1 cm³/mol. The normalized spacial score (nSPS) is 15.9. The van der Waals surface area contributed by atoms with Crippen LogP contribution in [0.25, 0.3) is 10.1 Å². The molecule has 100 valence electrons. The van der Waals surface area contributed by atoms with E-state index in [-0.39, 0.29) is 5.78 Å². The number of Topliss-reactive ketones (excluding diaryl/α,β-unsaturated/α-hetero) is 1. The van der Waals surface area contributed by atoms with E-state index in [2.05, 4.69) is 9.88 Å². The molecule has 2 aromatic rings. The van der Waals surface area contributed by atoms with Gasteiger partial charge in [0.05, 0.1) is 27.1 Å². The average Bonchev–Trinajstić information content (AvgIpc) is 2.78. The van der Waals surface area contributed by atoms with Gasteiger partial charge in [-0.1, -0.05) is 0 Å². The van der Waals surface area contributed by atoms with Gasteiger partial charge in [0.2, 0.25) is 0 Å². The smallest absolute Gasteiger partial charge is 0.171 e. The zero-order valence-electron chi connectivity index (χ0n) is 11.0. The molecule has 2 N–H and O–H groups in total. The number of rotatable bonds is 2. The van der Waals surface area contributed by atoms with E-state index in [9.17, 15) is 4.79 Å². The molecule has 0 aromatic carbocycles. The van der Waals surface area contributed by atoms with E-state index in [1.54, 1.807) is 13.1 Å². The number of piperidine rings is 1. The lowest BCUT2D eigenvalue weighted by Crippen LogP contribution is -2.29. The lowest BCUT2D eigenvalue weighted by Gasteiger charge is -2.29. The van der Waals surface area contributed by atoms with Crippen LogP contribution in [-0.2, 0) is 0 Å². The third kappa shape index (κ3) is 2.08. The summed E-state index contributed by atoms with van der Waals surface area (Å²) < 4.78 is 1.01. The molecule has 2 aromatic heterocycles. The second-order valence-electron chi connectivity index (χ2n) is 4.98. The van der Waals surface area contributed by atoms with Gasteiger partial charge in [-0.25, -0.2) is 0 Å². The molecule has 5 heteroatoms.